The van der Waals surface area contributed by atoms with Crippen LogP contribution in [0.3, 0.4) is 0 Å². The van der Waals surface area contributed by atoms with Crippen molar-refractivity contribution in [2.75, 3.05) is 20.2 Å². The summed E-state index contributed by atoms with van der Waals surface area (Å²) in [5.74, 6) is 0.508. The van der Waals surface area contributed by atoms with Crippen LogP contribution in [0.15, 0.2) is 21.5 Å². The lowest BCUT2D eigenvalue weighted by Gasteiger charge is -2.34. The molecule has 1 heterocycles. The first-order valence-electron chi connectivity index (χ1n) is 6.75. The minimum Gasteiger partial charge on any atom is -0.496 e. The number of rotatable bonds is 3. The molecule has 5 nitrogen and oxygen atoms in total. The van der Waals surface area contributed by atoms with E-state index in [0.717, 1.165) is 4.47 Å². The zero-order valence-corrected chi connectivity index (χ0v) is 15.0. The molecular formula is C14H20BrNO4S. The molecule has 2 atom stereocenters. The Kier molecular flexibility index (Phi) is 4.97. The predicted octanol–water partition coefficient (Wildman–Crippen LogP) is 2.56. The van der Waals surface area contributed by atoms with Crippen LogP contribution in [0.2, 0.25) is 0 Å². The molecule has 0 bridgehead atoms. The van der Waals surface area contributed by atoms with Crippen LogP contribution in [-0.4, -0.2) is 45.1 Å². The van der Waals surface area contributed by atoms with E-state index in [0.29, 0.717) is 24.4 Å². The van der Waals surface area contributed by atoms with E-state index in [1.807, 2.05) is 13.8 Å². The molecule has 0 aliphatic carbocycles. The number of hydrogen-bond acceptors (Lipinski definition) is 4. The molecular weight excluding hydrogens is 358 g/mol. The monoisotopic (exact) mass is 377 g/mol. The molecule has 0 amide bonds. The van der Waals surface area contributed by atoms with Crippen molar-refractivity contribution < 1.29 is 17.9 Å². The van der Waals surface area contributed by atoms with Gasteiger partial charge in [0.05, 0.1) is 28.7 Å². The third-order valence-electron chi connectivity index (χ3n) is 3.45. The summed E-state index contributed by atoms with van der Waals surface area (Å²) in [4.78, 5) is 0.281. The van der Waals surface area contributed by atoms with Gasteiger partial charge in [0.2, 0.25) is 10.0 Å². The predicted molar refractivity (Wildman–Crippen MR) is 84.2 cm³/mol. The Morgan fingerprint density at radius 2 is 1.86 bits per heavy atom. The second-order valence-electron chi connectivity index (χ2n) is 5.33. The number of methoxy groups -OCH3 is 1. The lowest BCUT2D eigenvalue weighted by molar-refractivity contribution is -0.0440. The zero-order valence-electron chi connectivity index (χ0n) is 12.6. The highest BCUT2D eigenvalue weighted by Gasteiger charge is 2.33. The van der Waals surface area contributed by atoms with Crippen LogP contribution in [0.5, 0.6) is 5.75 Å². The molecule has 1 aliphatic heterocycles. The third kappa shape index (κ3) is 3.41. The van der Waals surface area contributed by atoms with Crippen molar-refractivity contribution >= 4 is 26.0 Å². The summed E-state index contributed by atoms with van der Waals surface area (Å²) in [5.41, 5.74) is 0.689. The molecule has 0 spiro atoms. The molecule has 1 aromatic carbocycles. The van der Waals surface area contributed by atoms with E-state index in [1.54, 1.807) is 19.1 Å². The molecule has 0 N–H and O–H groups in total. The van der Waals surface area contributed by atoms with Crippen molar-refractivity contribution in [3.05, 3.63) is 22.2 Å². The number of nitrogens with zero attached hydrogens (tertiary/aromatic N) is 1. The highest BCUT2D eigenvalue weighted by atomic mass is 79.9. The van der Waals surface area contributed by atoms with Gasteiger partial charge in [0.15, 0.2) is 0 Å². The van der Waals surface area contributed by atoms with E-state index in [9.17, 15) is 8.42 Å². The number of halogens is 1. The molecule has 0 saturated carbocycles. The molecule has 0 aromatic heterocycles. The summed E-state index contributed by atoms with van der Waals surface area (Å²) in [7, 11) is -2.04. The SMILES string of the molecule is COc1cc(S(=O)(=O)N2C[C@@H](C)O[C@H](C)C2)c(C)cc1Br. The number of morpholine rings is 1. The van der Waals surface area contributed by atoms with Crippen LogP contribution in [0.1, 0.15) is 19.4 Å². The maximum atomic E-state index is 12.9. The van der Waals surface area contributed by atoms with Gasteiger partial charge < -0.3 is 9.47 Å². The first kappa shape index (κ1) is 16.7. The average molecular weight is 378 g/mol. The molecule has 7 heteroatoms. The maximum absolute atomic E-state index is 12.9. The highest BCUT2D eigenvalue weighted by Crippen LogP contribution is 2.32. The van der Waals surface area contributed by atoms with Crippen molar-refractivity contribution in [3.63, 3.8) is 0 Å². The number of aryl methyl sites for hydroxylation is 1. The van der Waals surface area contributed by atoms with E-state index in [2.05, 4.69) is 15.9 Å². The van der Waals surface area contributed by atoms with Gasteiger partial charge >= 0.3 is 0 Å². The molecule has 0 unspecified atom stereocenters. The fraction of sp³-hybridized carbons (Fsp3) is 0.571. The van der Waals surface area contributed by atoms with Crippen LogP contribution in [0.25, 0.3) is 0 Å². The van der Waals surface area contributed by atoms with E-state index in [1.165, 1.54) is 11.4 Å². The Labute approximate surface area is 134 Å². The van der Waals surface area contributed by atoms with Crippen LogP contribution in [-0.2, 0) is 14.8 Å². The smallest absolute Gasteiger partial charge is 0.243 e. The van der Waals surface area contributed by atoms with Gasteiger partial charge in [-0.15, -0.1) is 0 Å². The molecule has 118 valence electrons. The van der Waals surface area contributed by atoms with Gasteiger partial charge in [0.1, 0.15) is 5.75 Å². The Morgan fingerprint density at radius 3 is 2.38 bits per heavy atom. The zero-order chi connectivity index (χ0) is 15.8. The largest absolute Gasteiger partial charge is 0.496 e. The topological polar surface area (TPSA) is 55.8 Å². The fourth-order valence-corrected chi connectivity index (χ4v) is 4.97. The second-order valence-corrected chi connectivity index (χ2v) is 8.09. The minimum absolute atomic E-state index is 0.110. The van der Waals surface area contributed by atoms with E-state index in [-0.39, 0.29) is 17.1 Å². The van der Waals surface area contributed by atoms with E-state index < -0.39 is 10.0 Å². The highest BCUT2D eigenvalue weighted by molar-refractivity contribution is 9.10. The standard InChI is InChI=1S/C14H20BrNO4S/c1-9-5-12(15)13(19-4)6-14(9)21(17,18)16-7-10(2)20-11(3)8-16/h5-6,10-11H,7-8H2,1-4H3/t10-,11-/m1/s1. The lowest BCUT2D eigenvalue weighted by Crippen LogP contribution is -2.48. The summed E-state index contributed by atoms with van der Waals surface area (Å²) < 4.78 is 38.8. The van der Waals surface area contributed by atoms with Gasteiger partial charge in [-0.25, -0.2) is 8.42 Å². The Balaban J connectivity index is 2.44. The van der Waals surface area contributed by atoms with Crippen molar-refractivity contribution in [2.45, 2.75) is 37.9 Å². The second kappa shape index (κ2) is 6.24. The summed E-state index contributed by atoms with van der Waals surface area (Å²) in [6.45, 7) is 6.28. The molecule has 0 radical (unpaired) electrons. The Hall–Kier alpha value is -0.630. The van der Waals surface area contributed by atoms with Crippen LogP contribution >= 0.6 is 15.9 Å². The normalized spacial score (nSPS) is 24.0. The van der Waals surface area contributed by atoms with E-state index >= 15 is 0 Å². The number of benzene rings is 1. The third-order valence-corrected chi connectivity index (χ3v) is 6.05. The molecule has 2 rings (SSSR count). The maximum Gasteiger partial charge on any atom is 0.243 e. The van der Waals surface area contributed by atoms with Crippen molar-refractivity contribution in [2.24, 2.45) is 0 Å². The number of ether oxygens (including phenoxy) is 2. The van der Waals surface area contributed by atoms with Crippen molar-refractivity contribution in [1.29, 1.82) is 0 Å². The lowest BCUT2D eigenvalue weighted by atomic mass is 10.2. The quantitative estimate of drug-likeness (QED) is 0.811. The van der Waals surface area contributed by atoms with Crippen molar-refractivity contribution in [3.8, 4) is 5.75 Å². The summed E-state index contributed by atoms with van der Waals surface area (Å²) in [6.07, 6.45) is -0.220. The van der Waals surface area contributed by atoms with Gasteiger partial charge in [0.25, 0.3) is 0 Å². The first-order valence-corrected chi connectivity index (χ1v) is 8.98. The Bertz CT molecular complexity index is 622. The van der Waals surface area contributed by atoms with Crippen molar-refractivity contribution in [1.82, 2.24) is 4.31 Å². The van der Waals surface area contributed by atoms with Crippen LogP contribution < -0.4 is 4.74 Å². The van der Waals surface area contributed by atoms with Gasteiger partial charge in [-0.1, -0.05) is 0 Å². The molecule has 1 fully saturated rings. The fourth-order valence-electron chi connectivity index (χ4n) is 2.53. The molecule has 1 saturated heterocycles. The van der Waals surface area contributed by atoms with Crippen LogP contribution in [0, 0.1) is 6.92 Å². The number of sulfonamides is 1. The average Bonchev–Trinajstić information content (AvgIpc) is 2.37. The molecule has 1 aromatic rings. The van der Waals surface area contributed by atoms with Gasteiger partial charge in [0, 0.05) is 19.2 Å². The van der Waals surface area contributed by atoms with Gasteiger partial charge in [-0.3, -0.25) is 0 Å². The molecule has 21 heavy (non-hydrogen) atoms. The first-order chi connectivity index (χ1) is 9.75. The Morgan fingerprint density at radius 1 is 1.29 bits per heavy atom. The summed E-state index contributed by atoms with van der Waals surface area (Å²) in [6, 6.07) is 3.33. The molecule has 1 aliphatic rings. The minimum atomic E-state index is -3.56. The van der Waals surface area contributed by atoms with Gasteiger partial charge in [-0.2, -0.15) is 4.31 Å². The van der Waals surface area contributed by atoms with E-state index in [4.69, 9.17) is 9.47 Å². The summed E-state index contributed by atoms with van der Waals surface area (Å²) in [5, 5.41) is 0. The summed E-state index contributed by atoms with van der Waals surface area (Å²) >= 11 is 3.37. The van der Waals surface area contributed by atoms with Crippen LogP contribution in [0.4, 0.5) is 0 Å². The van der Waals surface area contributed by atoms with Gasteiger partial charge in [-0.05, 0) is 48.3 Å². The number of hydrogen-bond donors (Lipinski definition) is 0.